The van der Waals surface area contributed by atoms with Crippen LogP contribution in [0.25, 0.3) is 0 Å². The van der Waals surface area contributed by atoms with Crippen molar-refractivity contribution in [1.82, 2.24) is 0 Å². The Morgan fingerprint density at radius 1 is 1.00 bits per heavy atom. The maximum atomic E-state index is 2.51. The molecule has 2 aromatic carbocycles. The molecule has 1 aliphatic rings. The third-order valence-electron chi connectivity index (χ3n) is 5.10. The van der Waals surface area contributed by atoms with Gasteiger partial charge in [-0.15, -0.1) is 0 Å². The summed E-state index contributed by atoms with van der Waals surface area (Å²) in [5.41, 5.74) is 4.27. The van der Waals surface area contributed by atoms with Crippen molar-refractivity contribution in [3.8, 4) is 0 Å². The molecule has 0 aliphatic carbocycles. The highest BCUT2D eigenvalue weighted by Gasteiger charge is 2.36. The largest absolute Gasteiger partial charge is 0.257 e. The first-order valence-corrected chi connectivity index (χ1v) is 9.37. The Morgan fingerprint density at radius 3 is 2.28 bits per heavy atom. The van der Waals surface area contributed by atoms with Crippen LogP contribution in [0.4, 0.5) is 5.69 Å². The lowest BCUT2D eigenvalue weighted by Gasteiger charge is -2.23. The SMILES string of the molecule is CC(C)[C@H]1CN(c2ccccc2C(C)(C)C)C=[N+]1Cc1ccccc1. The van der Waals surface area contributed by atoms with Gasteiger partial charge in [0.05, 0.1) is 0 Å². The highest BCUT2D eigenvalue weighted by atomic mass is 15.3. The van der Waals surface area contributed by atoms with Crippen molar-refractivity contribution in [2.24, 2.45) is 5.92 Å². The van der Waals surface area contributed by atoms with E-state index in [2.05, 4.69) is 105 Å². The highest BCUT2D eigenvalue weighted by molar-refractivity contribution is 5.79. The first-order chi connectivity index (χ1) is 11.9. The Balaban J connectivity index is 1.94. The Kier molecular flexibility index (Phi) is 4.99. The van der Waals surface area contributed by atoms with Crippen LogP contribution < -0.4 is 4.90 Å². The van der Waals surface area contributed by atoms with E-state index in [0.29, 0.717) is 12.0 Å². The normalized spacial score (nSPS) is 17.9. The van der Waals surface area contributed by atoms with Gasteiger partial charge in [0.15, 0.2) is 0 Å². The van der Waals surface area contributed by atoms with Gasteiger partial charge in [0.2, 0.25) is 6.34 Å². The second-order valence-electron chi connectivity index (χ2n) is 8.50. The molecule has 25 heavy (non-hydrogen) atoms. The van der Waals surface area contributed by atoms with Gasteiger partial charge in [-0.2, -0.15) is 0 Å². The van der Waals surface area contributed by atoms with E-state index >= 15 is 0 Å². The lowest BCUT2D eigenvalue weighted by atomic mass is 9.85. The van der Waals surface area contributed by atoms with Crippen LogP contribution in [-0.4, -0.2) is 23.5 Å². The van der Waals surface area contributed by atoms with Crippen LogP contribution in [0.15, 0.2) is 54.6 Å². The maximum absolute atomic E-state index is 2.51. The van der Waals surface area contributed by atoms with E-state index in [-0.39, 0.29) is 5.41 Å². The monoisotopic (exact) mass is 335 g/mol. The van der Waals surface area contributed by atoms with Crippen LogP contribution >= 0.6 is 0 Å². The van der Waals surface area contributed by atoms with Gasteiger partial charge in [-0.25, -0.2) is 4.90 Å². The molecule has 0 unspecified atom stereocenters. The fourth-order valence-corrected chi connectivity index (χ4v) is 3.68. The van der Waals surface area contributed by atoms with Crippen LogP contribution in [0.2, 0.25) is 0 Å². The number of benzene rings is 2. The van der Waals surface area contributed by atoms with Gasteiger partial charge >= 0.3 is 0 Å². The number of hydrogen-bond acceptors (Lipinski definition) is 1. The predicted octanol–water partition coefficient (Wildman–Crippen LogP) is 5.07. The summed E-state index contributed by atoms with van der Waals surface area (Å²) >= 11 is 0. The Bertz CT molecular complexity index is 738. The minimum absolute atomic E-state index is 0.143. The molecule has 0 aromatic heterocycles. The van der Waals surface area contributed by atoms with Crippen LogP contribution in [0.5, 0.6) is 0 Å². The van der Waals surface area contributed by atoms with Gasteiger partial charge in [0.25, 0.3) is 0 Å². The fraction of sp³-hybridized carbons (Fsp3) is 0.435. The summed E-state index contributed by atoms with van der Waals surface area (Å²) in [7, 11) is 0. The van der Waals surface area contributed by atoms with Crippen molar-refractivity contribution in [2.75, 3.05) is 11.4 Å². The lowest BCUT2D eigenvalue weighted by molar-refractivity contribution is -0.574. The standard InChI is InChI=1S/C23H31N2/c1-18(2)22-16-25(17-24(22)15-19-11-7-6-8-12-19)21-14-10-9-13-20(21)23(3,4)5/h6-14,17-18,22H,15-16H2,1-5H3/q+1/t22-/m1/s1. The summed E-state index contributed by atoms with van der Waals surface area (Å²) in [6.07, 6.45) is 2.34. The molecule has 2 heteroatoms. The van der Waals surface area contributed by atoms with E-state index in [1.54, 1.807) is 0 Å². The van der Waals surface area contributed by atoms with E-state index in [0.717, 1.165) is 13.1 Å². The van der Waals surface area contributed by atoms with Gasteiger partial charge < -0.3 is 0 Å². The van der Waals surface area contributed by atoms with Crippen LogP contribution in [0.1, 0.15) is 45.7 Å². The molecule has 0 radical (unpaired) electrons. The first-order valence-electron chi connectivity index (χ1n) is 9.37. The molecule has 1 atom stereocenters. The van der Waals surface area contributed by atoms with Crippen molar-refractivity contribution in [3.63, 3.8) is 0 Å². The van der Waals surface area contributed by atoms with E-state index in [1.807, 2.05) is 0 Å². The van der Waals surface area contributed by atoms with Crippen molar-refractivity contribution < 1.29 is 4.58 Å². The van der Waals surface area contributed by atoms with Crippen LogP contribution in [0.3, 0.4) is 0 Å². The van der Waals surface area contributed by atoms with Crippen molar-refractivity contribution in [3.05, 3.63) is 65.7 Å². The van der Waals surface area contributed by atoms with E-state index in [4.69, 9.17) is 0 Å². The van der Waals surface area contributed by atoms with E-state index in [9.17, 15) is 0 Å². The molecule has 0 spiro atoms. The quantitative estimate of drug-likeness (QED) is 0.707. The summed E-state index contributed by atoms with van der Waals surface area (Å²) in [6, 6.07) is 20.2. The molecule has 3 rings (SSSR count). The summed E-state index contributed by atoms with van der Waals surface area (Å²) in [6.45, 7) is 13.6. The third kappa shape index (κ3) is 3.95. The average Bonchev–Trinajstić information content (AvgIpc) is 2.99. The minimum Gasteiger partial charge on any atom is -0.257 e. The van der Waals surface area contributed by atoms with Gasteiger partial charge in [-0.3, -0.25) is 4.58 Å². The Labute approximate surface area is 152 Å². The Morgan fingerprint density at radius 2 is 1.64 bits per heavy atom. The highest BCUT2D eigenvalue weighted by Crippen LogP contribution is 2.33. The third-order valence-corrected chi connectivity index (χ3v) is 5.10. The summed E-state index contributed by atoms with van der Waals surface area (Å²) in [5, 5.41) is 0. The summed E-state index contributed by atoms with van der Waals surface area (Å²) in [5.74, 6) is 0.617. The summed E-state index contributed by atoms with van der Waals surface area (Å²) in [4.78, 5) is 2.45. The van der Waals surface area contributed by atoms with Gasteiger partial charge in [0.1, 0.15) is 24.8 Å². The number of para-hydroxylation sites is 1. The molecule has 0 saturated heterocycles. The minimum atomic E-state index is 0.143. The zero-order chi connectivity index (χ0) is 18.0. The molecule has 0 saturated carbocycles. The maximum Gasteiger partial charge on any atom is 0.240 e. The molecular weight excluding hydrogens is 304 g/mol. The topological polar surface area (TPSA) is 6.25 Å². The smallest absolute Gasteiger partial charge is 0.240 e. The number of anilines is 1. The van der Waals surface area contributed by atoms with Crippen LogP contribution in [-0.2, 0) is 12.0 Å². The van der Waals surface area contributed by atoms with E-state index < -0.39 is 0 Å². The molecule has 0 fully saturated rings. The molecule has 0 bridgehead atoms. The van der Waals surface area contributed by atoms with Gasteiger partial charge in [-0.1, -0.05) is 83.1 Å². The second-order valence-corrected chi connectivity index (χ2v) is 8.50. The number of nitrogens with zero attached hydrogens (tertiary/aromatic N) is 2. The molecular formula is C23H31N2+. The van der Waals surface area contributed by atoms with Gasteiger partial charge in [-0.05, 0) is 23.0 Å². The number of rotatable bonds is 4. The first kappa shape index (κ1) is 17.7. The summed E-state index contributed by atoms with van der Waals surface area (Å²) < 4.78 is 2.51. The van der Waals surface area contributed by atoms with Crippen molar-refractivity contribution >= 4 is 12.0 Å². The molecule has 1 aliphatic heterocycles. The van der Waals surface area contributed by atoms with Crippen LogP contribution in [0, 0.1) is 5.92 Å². The zero-order valence-corrected chi connectivity index (χ0v) is 16.2. The zero-order valence-electron chi connectivity index (χ0n) is 16.2. The fourth-order valence-electron chi connectivity index (χ4n) is 3.68. The average molecular weight is 336 g/mol. The molecule has 2 nitrogen and oxygen atoms in total. The lowest BCUT2D eigenvalue weighted by Crippen LogP contribution is -2.32. The Hall–Kier alpha value is -2.09. The number of hydrogen-bond donors (Lipinski definition) is 0. The molecule has 0 amide bonds. The van der Waals surface area contributed by atoms with E-state index in [1.165, 1.54) is 16.8 Å². The molecule has 1 heterocycles. The second kappa shape index (κ2) is 7.03. The predicted molar refractivity (Wildman–Crippen MR) is 108 cm³/mol. The molecule has 0 N–H and O–H groups in total. The van der Waals surface area contributed by atoms with Crippen molar-refractivity contribution in [1.29, 1.82) is 0 Å². The molecule has 2 aromatic rings. The van der Waals surface area contributed by atoms with Gasteiger partial charge in [0, 0.05) is 5.56 Å². The molecule has 132 valence electrons. The van der Waals surface area contributed by atoms with Crippen molar-refractivity contribution in [2.45, 2.75) is 52.6 Å².